The van der Waals surface area contributed by atoms with Crippen molar-refractivity contribution in [1.82, 2.24) is 4.90 Å². The van der Waals surface area contributed by atoms with Crippen molar-refractivity contribution in [1.29, 1.82) is 0 Å². The molecule has 0 aliphatic rings. The summed E-state index contributed by atoms with van der Waals surface area (Å²) < 4.78 is 0. The summed E-state index contributed by atoms with van der Waals surface area (Å²) in [4.78, 5) is 15.3. The molecule has 2 rings (SSSR count). The average molecular weight is 296 g/mol. The number of rotatable bonds is 5. The molecule has 0 radical (unpaired) electrons. The molecule has 102 valence electrons. The number of nitrogens with zero attached hydrogens (tertiary/aromatic N) is 1. The zero-order chi connectivity index (χ0) is 13.0. The Balaban J connectivity index is 0.00000180. The van der Waals surface area contributed by atoms with Gasteiger partial charge in [0.1, 0.15) is 0 Å². The van der Waals surface area contributed by atoms with E-state index in [1.54, 1.807) is 0 Å². The Hall–Kier alpha value is -1.16. The van der Waals surface area contributed by atoms with Gasteiger partial charge in [-0.25, -0.2) is 0 Å². The van der Waals surface area contributed by atoms with E-state index in [1.807, 2.05) is 54.7 Å². The van der Waals surface area contributed by atoms with Crippen LogP contribution in [-0.2, 0) is 6.42 Å². The molecule has 0 aliphatic heterocycles. The lowest BCUT2D eigenvalue weighted by atomic mass is 10.0. The van der Waals surface area contributed by atoms with Crippen LogP contribution in [0.25, 0.3) is 0 Å². The molecule has 1 aromatic heterocycles. The maximum Gasteiger partial charge on any atom is 0.190 e. The Morgan fingerprint density at radius 1 is 1.16 bits per heavy atom. The molecule has 0 saturated carbocycles. The summed E-state index contributed by atoms with van der Waals surface area (Å²) in [5.74, 6) is 0.207. The molecule has 0 fully saturated rings. The van der Waals surface area contributed by atoms with Crippen molar-refractivity contribution in [2.45, 2.75) is 12.5 Å². The van der Waals surface area contributed by atoms with Gasteiger partial charge in [-0.3, -0.25) is 9.69 Å². The van der Waals surface area contributed by atoms with Crippen molar-refractivity contribution in [2.75, 3.05) is 14.1 Å². The van der Waals surface area contributed by atoms with Crippen LogP contribution in [0.5, 0.6) is 0 Å². The van der Waals surface area contributed by atoms with Crippen molar-refractivity contribution in [2.24, 2.45) is 0 Å². The number of carbonyl (C=O) groups excluding carboxylic acids is 1. The summed E-state index contributed by atoms with van der Waals surface area (Å²) in [6, 6.07) is 13.9. The van der Waals surface area contributed by atoms with Gasteiger partial charge in [-0.05, 0) is 37.5 Å². The van der Waals surface area contributed by atoms with Crippen molar-refractivity contribution in [3.8, 4) is 0 Å². The summed E-state index contributed by atoms with van der Waals surface area (Å²) in [7, 11) is 3.91. The Kier molecular flexibility index (Phi) is 6.22. The van der Waals surface area contributed by atoms with E-state index in [4.69, 9.17) is 0 Å². The minimum atomic E-state index is -0.0916. The molecule has 2 aromatic rings. The second-order valence-electron chi connectivity index (χ2n) is 4.51. The van der Waals surface area contributed by atoms with Gasteiger partial charge < -0.3 is 0 Å². The van der Waals surface area contributed by atoms with Crippen LogP contribution in [-0.4, -0.2) is 30.8 Å². The number of halogens is 1. The zero-order valence-corrected chi connectivity index (χ0v) is 12.7. The third kappa shape index (κ3) is 4.16. The van der Waals surface area contributed by atoms with Crippen LogP contribution in [0.15, 0.2) is 47.8 Å². The minimum Gasteiger partial charge on any atom is -0.299 e. The van der Waals surface area contributed by atoms with Crippen LogP contribution >= 0.6 is 23.7 Å². The predicted octanol–water partition coefficient (Wildman–Crippen LogP) is 3.53. The summed E-state index contributed by atoms with van der Waals surface area (Å²) >= 11 is 1.51. The van der Waals surface area contributed by atoms with Gasteiger partial charge in [0.25, 0.3) is 0 Å². The first-order valence-electron chi connectivity index (χ1n) is 5.96. The fourth-order valence-electron chi connectivity index (χ4n) is 1.93. The van der Waals surface area contributed by atoms with Crippen molar-refractivity contribution >= 4 is 29.5 Å². The molecule has 4 heteroatoms. The van der Waals surface area contributed by atoms with E-state index in [0.29, 0.717) is 0 Å². The van der Waals surface area contributed by atoms with Crippen LogP contribution in [0.2, 0.25) is 0 Å². The van der Waals surface area contributed by atoms with Gasteiger partial charge in [0.15, 0.2) is 5.78 Å². The van der Waals surface area contributed by atoms with Crippen LogP contribution < -0.4 is 0 Å². The average Bonchev–Trinajstić information content (AvgIpc) is 2.90. The first-order valence-corrected chi connectivity index (χ1v) is 6.84. The molecular formula is C15H18ClNOS. The van der Waals surface area contributed by atoms with Gasteiger partial charge in [0, 0.05) is 0 Å². The second-order valence-corrected chi connectivity index (χ2v) is 5.46. The van der Waals surface area contributed by atoms with Gasteiger partial charge >= 0.3 is 0 Å². The Labute approximate surface area is 124 Å². The van der Waals surface area contributed by atoms with E-state index in [0.717, 1.165) is 11.3 Å². The van der Waals surface area contributed by atoms with Crippen LogP contribution in [0, 0.1) is 0 Å². The standard InChI is InChI=1S/C15H17NOS.ClH/c1-16(2)13(11-12-7-4-3-5-8-12)15(17)14-9-6-10-18-14;/h3-10,13H,11H2,1-2H3;1H. The predicted molar refractivity (Wildman–Crippen MR) is 83.5 cm³/mol. The molecule has 0 bridgehead atoms. The van der Waals surface area contributed by atoms with Gasteiger partial charge in [-0.2, -0.15) is 0 Å². The van der Waals surface area contributed by atoms with E-state index in [1.165, 1.54) is 16.9 Å². The summed E-state index contributed by atoms with van der Waals surface area (Å²) in [5.41, 5.74) is 1.20. The molecule has 2 nitrogen and oxygen atoms in total. The fourth-order valence-corrected chi connectivity index (χ4v) is 2.64. The number of carbonyl (C=O) groups is 1. The van der Waals surface area contributed by atoms with Crippen molar-refractivity contribution < 1.29 is 4.79 Å². The van der Waals surface area contributed by atoms with E-state index in [2.05, 4.69) is 12.1 Å². The van der Waals surface area contributed by atoms with Crippen LogP contribution in [0.3, 0.4) is 0 Å². The third-order valence-corrected chi connectivity index (χ3v) is 3.85. The van der Waals surface area contributed by atoms with E-state index >= 15 is 0 Å². The largest absolute Gasteiger partial charge is 0.299 e. The number of thiophene rings is 1. The highest BCUT2D eigenvalue weighted by Crippen LogP contribution is 2.16. The summed E-state index contributed by atoms with van der Waals surface area (Å²) in [5, 5.41) is 1.95. The normalized spacial score (nSPS) is 11.9. The zero-order valence-electron chi connectivity index (χ0n) is 11.1. The van der Waals surface area contributed by atoms with Crippen molar-refractivity contribution in [3.63, 3.8) is 0 Å². The van der Waals surface area contributed by atoms with E-state index < -0.39 is 0 Å². The summed E-state index contributed by atoms with van der Waals surface area (Å²) in [6.07, 6.45) is 0.755. The fraction of sp³-hybridized carbons (Fsp3) is 0.267. The van der Waals surface area contributed by atoms with Gasteiger partial charge in [0.05, 0.1) is 10.9 Å². The molecule has 1 heterocycles. The summed E-state index contributed by atoms with van der Waals surface area (Å²) in [6.45, 7) is 0. The Morgan fingerprint density at radius 3 is 2.37 bits per heavy atom. The number of Topliss-reactive ketones (excluding diaryl/α,β-unsaturated/α-hetero) is 1. The first-order chi connectivity index (χ1) is 8.68. The molecule has 19 heavy (non-hydrogen) atoms. The molecular weight excluding hydrogens is 278 g/mol. The number of likely N-dealkylation sites (N-methyl/N-ethyl adjacent to an activating group) is 1. The Morgan fingerprint density at radius 2 is 1.84 bits per heavy atom. The highest BCUT2D eigenvalue weighted by molar-refractivity contribution is 7.12. The molecule has 0 N–H and O–H groups in total. The van der Waals surface area contributed by atoms with E-state index in [-0.39, 0.29) is 24.2 Å². The molecule has 1 aromatic carbocycles. The van der Waals surface area contributed by atoms with Crippen LogP contribution in [0.1, 0.15) is 15.2 Å². The lowest BCUT2D eigenvalue weighted by molar-refractivity contribution is 0.0879. The number of hydrogen-bond donors (Lipinski definition) is 0. The SMILES string of the molecule is CN(C)C(Cc1ccccc1)C(=O)c1cccs1.Cl. The topological polar surface area (TPSA) is 20.3 Å². The Bertz CT molecular complexity index is 496. The highest BCUT2D eigenvalue weighted by atomic mass is 35.5. The molecule has 0 spiro atoms. The minimum absolute atomic E-state index is 0. The first kappa shape index (κ1) is 15.9. The van der Waals surface area contributed by atoms with Gasteiger partial charge in [-0.1, -0.05) is 36.4 Å². The highest BCUT2D eigenvalue weighted by Gasteiger charge is 2.23. The maximum atomic E-state index is 12.4. The molecule has 0 aliphatic carbocycles. The van der Waals surface area contributed by atoms with E-state index in [9.17, 15) is 4.79 Å². The molecule has 1 atom stereocenters. The van der Waals surface area contributed by atoms with Crippen LogP contribution in [0.4, 0.5) is 0 Å². The number of ketones is 1. The lowest BCUT2D eigenvalue weighted by Crippen LogP contribution is -2.37. The molecule has 0 saturated heterocycles. The quantitative estimate of drug-likeness (QED) is 0.787. The van der Waals surface area contributed by atoms with Gasteiger partial charge in [-0.15, -0.1) is 23.7 Å². The monoisotopic (exact) mass is 295 g/mol. The lowest BCUT2D eigenvalue weighted by Gasteiger charge is -2.22. The second kappa shape index (κ2) is 7.43. The van der Waals surface area contributed by atoms with Crippen molar-refractivity contribution in [3.05, 3.63) is 58.3 Å². The molecule has 1 unspecified atom stereocenters. The number of hydrogen-bond acceptors (Lipinski definition) is 3. The third-order valence-electron chi connectivity index (χ3n) is 2.96. The number of benzene rings is 1. The van der Waals surface area contributed by atoms with Gasteiger partial charge in [0.2, 0.25) is 0 Å². The molecule has 0 amide bonds. The smallest absolute Gasteiger partial charge is 0.190 e. The maximum absolute atomic E-state index is 12.4.